The minimum Gasteiger partial charge on any atom is -0.871 e. The van der Waals surface area contributed by atoms with E-state index >= 15 is 0 Å². The number of nitrogens with zero attached hydrogens (tertiary/aromatic N) is 4. The van der Waals surface area contributed by atoms with Gasteiger partial charge in [-0.1, -0.05) is 199 Å². The second-order valence-electron chi connectivity index (χ2n) is 29.3. The zero-order chi connectivity index (χ0) is 93.7. The van der Waals surface area contributed by atoms with Crippen LogP contribution in [-0.2, 0) is 60.2 Å². The third-order valence-corrected chi connectivity index (χ3v) is 19.7. The Kier molecular flexibility index (Phi) is 57.4. The van der Waals surface area contributed by atoms with Crippen LogP contribution in [0.4, 0.5) is 41.9 Å². The normalized spacial score (nSPS) is 10.8. The first-order chi connectivity index (χ1) is 61.5. The molecule has 12 rings (SSSR count). The van der Waals surface area contributed by atoms with E-state index in [2.05, 4.69) is 42.5 Å². The number of aliphatic carboxylic acids is 4. The van der Waals surface area contributed by atoms with Gasteiger partial charge in [-0.3, -0.25) is 19.2 Å². The maximum absolute atomic E-state index is 12.5. The monoisotopic (exact) mass is 1940 g/mol. The van der Waals surface area contributed by atoms with Crippen molar-refractivity contribution in [2.45, 2.75) is 83.5 Å². The number of anilines is 4. The molecule has 8 aromatic carbocycles. The molecule has 0 saturated heterocycles. The van der Waals surface area contributed by atoms with Gasteiger partial charge in [-0.05, 0) is 137 Å². The van der Waals surface area contributed by atoms with Gasteiger partial charge in [-0.2, -0.15) is 0 Å². The molecule has 8 N–H and O–H groups in total. The number of ether oxygens (including phenoxy) is 3. The Bertz CT molecular complexity index is 5940. The molecule has 4 aromatic heterocycles. The van der Waals surface area contributed by atoms with Crippen molar-refractivity contribution in [1.82, 2.24) is 39.5 Å². The Morgan fingerprint density at radius 1 is 0.307 bits per heavy atom. The minimum absolute atomic E-state index is 0. The summed E-state index contributed by atoms with van der Waals surface area (Å²) in [5, 5.41) is 112. The first-order valence-corrected chi connectivity index (χ1v) is 39.6. The van der Waals surface area contributed by atoms with Crippen LogP contribution >= 0.6 is 0 Å². The van der Waals surface area contributed by atoms with Crippen molar-refractivity contribution in [3.05, 3.63) is 346 Å². The van der Waals surface area contributed by atoms with Crippen LogP contribution < -0.4 is 356 Å². The molecule has 0 aliphatic rings. The summed E-state index contributed by atoms with van der Waals surface area (Å²) in [6.07, 6.45) is 4.41. The van der Waals surface area contributed by atoms with Crippen molar-refractivity contribution >= 4 is 70.8 Å². The smallest absolute Gasteiger partial charge is 0.871 e. The maximum atomic E-state index is 12.5. The van der Waals surface area contributed by atoms with Crippen LogP contribution in [0, 0.1) is 20.8 Å². The topological polar surface area (TPSA) is 533 Å². The summed E-state index contributed by atoms with van der Waals surface area (Å²) in [5.74, 6) is -5.69. The predicted molar refractivity (Wildman–Crippen MR) is 461 cm³/mol. The summed E-state index contributed by atoms with van der Waals surface area (Å²) in [6, 6.07) is 55.0. The van der Waals surface area contributed by atoms with Crippen LogP contribution in [0.1, 0.15) is 111 Å². The number of carboxylic acids is 4. The molecule has 670 valence electrons. The van der Waals surface area contributed by atoms with E-state index < -0.39 is 166 Å². The van der Waals surface area contributed by atoms with E-state index in [-0.39, 0.29) is 236 Å². The number of benzene rings is 8. The van der Waals surface area contributed by atoms with E-state index in [0.29, 0.717) is 63.8 Å². The standard InChI is InChI=1S/2C24H25N3O5.C23H23N3O7.C23H23N3O6.8Na/c2*1-15-6-3-4-8-17(15)12-16-7-5-9-18(13-16)19(14-21(29)30)25-24(32)26-22-20(28)10-11-27(2)23(22)31;1-26-11-10-17(27)21(22(26)30)25-23(31)24-16(13-20(28)29)14-6-5-7-15(12-14)33-19-9-4-3-8-18(19)32-2;1-14-6-3-4-9-19(14)32-16-8-5-7-15(12-16)17(13-20(28)29)24-23(31)25-21-18(27)10-11-26(2)22(21)30;;;;;;;;/h2*3-11,13,19,28H,12,14H2,1-2H3,(H,29,30)(H2,25,26,32);3-12,16,27H,13H2,1-2H3,(H,28,29)(H2,24,25,31);3-12,17,27H,13H2,1-2H3,(H,28,29)(H2,24,25,31);;;;;;;;/q;;;;8*+1/p-8/t2*19-;16-;17-;;;;;;;;/m1000......../s1. The average molecular weight is 1940 g/mol. The SMILES string of the molecule is COc1ccccc1Oc1cccc([C@H](CC(=O)[O-])NC(=O)Nc2c([O-])ccn(C)c2=O)c1.Cc1ccccc1Cc1cccc([C@@H](CC(=O)[O-])NC(=O)Nc2c([O-])ccn(C)c2=O)c1.Cc1ccccc1Cc1cccc([C@H](CC(=O)[O-])NC(=O)Nc2c([O-])ccn(C)c2=O)c1.Cc1ccccc1Oc1cccc([C@H](CC(=O)[O-])NC(=O)Nc2c([O-])ccn(C)c2=O)c1.[Na+].[Na+].[Na+].[Na+].[Na+].[Na+].[Na+].[Na+]. The van der Waals surface area contributed by atoms with Crippen LogP contribution in [0.2, 0.25) is 0 Å². The number of hydrogen-bond donors (Lipinski definition) is 8. The molecule has 0 spiro atoms. The Balaban J connectivity index is 0.000000896. The Morgan fingerprint density at radius 2 is 0.555 bits per heavy atom. The van der Waals surface area contributed by atoms with Crippen LogP contribution in [0.15, 0.2) is 262 Å². The molecule has 35 nitrogen and oxygen atoms in total. The van der Waals surface area contributed by atoms with Crippen LogP contribution in [0.3, 0.4) is 0 Å². The largest absolute Gasteiger partial charge is 1.00 e. The zero-order valence-electron chi connectivity index (χ0n) is 78.8. The van der Waals surface area contributed by atoms with Crippen molar-refractivity contribution in [2.24, 2.45) is 28.2 Å². The predicted octanol–water partition coefficient (Wildman–Crippen LogP) is -18.4. The molecule has 0 aliphatic heterocycles. The van der Waals surface area contributed by atoms with E-state index in [1.165, 1.54) is 60.1 Å². The molecule has 0 bridgehead atoms. The number of aromatic nitrogens is 4. The summed E-state index contributed by atoms with van der Waals surface area (Å²) >= 11 is 0. The molecule has 8 amide bonds. The number of aryl methyl sites for hydroxylation is 7. The van der Waals surface area contributed by atoms with E-state index in [9.17, 15) is 98.4 Å². The Labute approximate surface area is 965 Å². The second-order valence-corrected chi connectivity index (χ2v) is 29.3. The maximum Gasteiger partial charge on any atom is 1.00 e. The van der Waals surface area contributed by atoms with Crippen molar-refractivity contribution in [2.75, 3.05) is 28.4 Å². The number of nitrogens with one attached hydrogen (secondary N) is 8. The van der Waals surface area contributed by atoms with Gasteiger partial charge in [0.25, 0.3) is 22.2 Å². The number of hydrogen-bond acceptors (Lipinski definition) is 23. The van der Waals surface area contributed by atoms with Gasteiger partial charge < -0.3 is 135 Å². The number of methoxy groups -OCH3 is 1. The quantitative estimate of drug-likeness (QED) is 0.0202. The third kappa shape index (κ3) is 39.3. The molecule has 0 fully saturated rings. The van der Waals surface area contributed by atoms with E-state index in [0.717, 1.165) is 81.5 Å². The van der Waals surface area contributed by atoms with Crippen molar-refractivity contribution in [3.8, 4) is 51.7 Å². The molecule has 43 heteroatoms. The molecule has 12 aromatic rings. The van der Waals surface area contributed by atoms with Crippen molar-refractivity contribution < 1.29 is 330 Å². The van der Waals surface area contributed by atoms with Gasteiger partial charge in [0, 0.05) is 103 Å². The molecule has 4 atom stereocenters. The van der Waals surface area contributed by atoms with Crippen LogP contribution in [-0.4, -0.2) is 73.4 Å². The molecule has 137 heavy (non-hydrogen) atoms. The number of carboxylic acid groups (broad SMARTS) is 4. The van der Waals surface area contributed by atoms with Gasteiger partial charge >= 0.3 is 261 Å². The molecule has 0 unspecified atom stereocenters. The average Bonchev–Trinajstić information content (AvgIpc) is 0.831. The van der Waals surface area contributed by atoms with Gasteiger partial charge in [0.15, 0.2) is 11.5 Å². The fourth-order valence-electron chi connectivity index (χ4n) is 12.9. The summed E-state index contributed by atoms with van der Waals surface area (Å²) in [7, 11) is 7.26. The number of carbonyl (C=O) groups is 8. The third-order valence-electron chi connectivity index (χ3n) is 19.7. The zero-order valence-corrected chi connectivity index (χ0v) is 94.8. The summed E-state index contributed by atoms with van der Waals surface area (Å²) < 4.78 is 21.6. The van der Waals surface area contributed by atoms with Crippen LogP contribution in [0.25, 0.3) is 0 Å². The number of para-hydroxylation sites is 3. The van der Waals surface area contributed by atoms with E-state index in [4.69, 9.17) is 14.2 Å². The molecular weight excluding hydrogens is 1850 g/mol. The number of carbonyl (C=O) groups excluding carboxylic acids is 8. The van der Waals surface area contributed by atoms with Crippen molar-refractivity contribution in [3.63, 3.8) is 0 Å². The van der Waals surface area contributed by atoms with Gasteiger partial charge in [-0.25, -0.2) is 19.2 Å². The first kappa shape index (κ1) is 126. The first-order valence-electron chi connectivity index (χ1n) is 39.6. The van der Waals surface area contributed by atoms with Gasteiger partial charge in [0.1, 0.15) is 40.0 Å². The van der Waals surface area contributed by atoms with Crippen molar-refractivity contribution in [1.29, 1.82) is 0 Å². The fourth-order valence-corrected chi connectivity index (χ4v) is 12.9. The minimum atomic E-state index is -1.41. The molecule has 0 radical (unpaired) electrons. The van der Waals surface area contributed by atoms with E-state index in [1.54, 1.807) is 103 Å². The number of amides is 8. The second kappa shape index (κ2) is 62.3. The number of rotatable bonds is 29. The number of urea groups is 4. The van der Waals surface area contributed by atoms with Gasteiger partial charge in [0.05, 0.1) is 31.3 Å². The molecule has 4 heterocycles. The Morgan fingerprint density at radius 3 is 0.832 bits per heavy atom. The molecule has 0 aliphatic carbocycles. The summed E-state index contributed by atoms with van der Waals surface area (Å²) in [5.41, 5.74) is 4.94. The van der Waals surface area contributed by atoms with Gasteiger partial charge in [0.2, 0.25) is 0 Å². The number of pyridine rings is 4. The van der Waals surface area contributed by atoms with Crippen LogP contribution in [0.5, 0.6) is 51.7 Å². The molecular formula is C94H88N12Na8O23. The van der Waals surface area contributed by atoms with E-state index in [1.807, 2.05) is 112 Å². The summed E-state index contributed by atoms with van der Waals surface area (Å²) in [6.45, 7) is 5.92. The molecule has 0 saturated carbocycles. The van der Waals surface area contributed by atoms with Gasteiger partial charge in [-0.15, -0.1) is 0 Å². The Hall–Kier alpha value is -8.88. The summed E-state index contributed by atoms with van der Waals surface area (Å²) in [4.78, 5) is 144. The fraction of sp³-hybridized carbons (Fsp3) is 0.191.